The summed E-state index contributed by atoms with van der Waals surface area (Å²) >= 11 is 2.24. The van der Waals surface area contributed by atoms with Gasteiger partial charge in [0.2, 0.25) is 5.95 Å². The first-order valence-corrected chi connectivity index (χ1v) is 6.15. The summed E-state index contributed by atoms with van der Waals surface area (Å²) in [6.45, 7) is 1.17. The lowest BCUT2D eigenvalue weighted by Gasteiger charge is -2.26. The third kappa shape index (κ3) is 1.39. The summed E-state index contributed by atoms with van der Waals surface area (Å²) < 4.78 is 1.11. The lowest BCUT2D eigenvalue weighted by Crippen LogP contribution is -2.33. The van der Waals surface area contributed by atoms with Crippen LogP contribution in [0.25, 0.3) is 0 Å². The Morgan fingerprint density at radius 1 is 1.29 bits per heavy atom. The molecule has 1 aliphatic carbocycles. The first-order valence-electron chi connectivity index (χ1n) is 5.07. The molecule has 0 amide bonds. The zero-order valence-corrected chi connectivity index (χ0v) is 10.0. The molecular formula is C10H12IN3. The van der Waals surface area contributed by atoms with E-state index < -0.39 is 0 Å². The molecule has 3 rings (SSSR count). The van der Waals surface area contributed by atoms with E-state index >= 15 is 0 Å². The molecule has 0 radical (unpaired) electrons. The van der Waals surface area contributed by atoms with E-state index in [0.717, 1.165) is 21.5 Å². The zero-order valence-electron chi connectivity index (χ0n) is 7.86. The van der Waals surface area contributed by atoms with Gasteiger partial charge in [-0.3, -0.25) is 0 Å². The van der Waals surface area contributed by atoms with Crippen LogP contribution in [0.1, 0.15) is 19.3 Å². The summed E-state index contributed by atoms with van der Waals surface area (Å²) in [6.07, 6.45) is 7.89. The fourth-order valence-corrected chi connectivity index (χ4v) is 2.90. The largest absolute Gasteiger partial charge is 0.338 e. The van der Waals surface area contributed by atoms with Gasteiger partial charge in [-0.2, -0.15) is 0 Å². The van der Waals surface area contributed by atoms with Gasteiger partial charge in [-0.1, -0.05) is 0 Å². The number of aromatic nitrogens is 2. The van der Waals surface area contributed by atoms with Crippen LogP contribution in [0.5, 0.6) is 0 Å². The van der Waals surface area contributed by atoms with Gasteiger partial charge in [0.15, 0.2) is 0 Å². The number of halogens is 1. The molecule has 3 nitrogen and oxygen atoms in total. The highest BCUT2D eigenvalue weighted by atomic mass is 127. The molecule has 74 valence electrons. The Balaban J connectivity index is 1.86. The molecule has 1 saturated carbocycles. The molecule has 2 atom stereocenters. The van der Waals surface area contributed by atoms with Gasteiger partial charge >= 0.3 is 0 Å². The Kier molecular flexibility index (Phi) is 2.11. The van der Waals surface area contributed by atoms with Crippen molar-refractivity contribution in [1.82, 2.24) is 9.97 Å². The summed E-state index contributed by atoms with van der Waals surface area (Å²) in [6, 6.07) is 0.722. The van der Waals surface area contributed by atoms with Crippen molar-refractivity contribution < 1.29 is 0 Å². The Morgan fingerprint density at radius 3 is 2.64 bits per heavy atom. The third-order valence-corrected chi connectivity index (χ3v) is 3.83. The predicted octanol–water partition coefficient (Wildman–Crippen LogP) is 2.07. The SMILES string of the molecule is Ic1cnc(N2CC3CCC2C3)nc1. The van der Waals surface area contributed by atoms with E-state index in [-0.39, 0.29) is 0 Å². The van der Waals surface area contributed by atoms with Gasteiger partial charge < -0.3 is 4.90 Å². The van der Waals surface area contributed by atoms with Crippen LogP contribution in [0.15, 0.2) is 12.4 Å². The fourth-order valence-electron chi connectivity index (χ4n) is 2.62. The molecule has 1 aliphatic heterocycles. The van der Waals surface area contributed by atoms with Crippen molar-refractivity contribution >= 4 is 28.5 Å². The molecule has 2 fully saturated rings. The van der Waals surface area contributed by atoms with Crippen molar-refractivity contribution in [3.05, 3.63) is 16.0 Å². The monoisotopic (exact) mass is 301 g/mol. The van der Waals surface area contributed by atoms with Crippen LogP contribution < -0.4 is 4.90 Å². The van der Waals surface area contributed by atoms with Gasteiger partial charge in [-0.15, -0.1) is 0 Å². The van der Waals surface area contributed by atoms with Gasteiger partial charge in [0.1, 0.15) is 0 Å². The molecule has 2 heterocycles. The number of piperidine rings is 1. The molecule has 2 unspecified atom stereocenters. The lowest BCUT2D eigenvalue weighted by molar-refractivity contribution is 0.546. The summed E-state index contributed by atoms with van der Waals surface area (Å²) in [5, 5.41) is 0. The molecule has 0 aromatic carbocycles. The summed E-state index contributed by atoms with van der Waals surface area (Å²) in [7, 11) is 0. The van der Waals surface area contributed by atoms with Gasteiger partial charge in [-0.05, 0) is 47.8 Å². The van der Waals surface area contributed by atoms with Gasteiger partial charge in [0.25, 0.3) is 0 Å². The molecular weight excluding hydrogens is 289 g/mol. The molecule has 1 aromatic rings. The number of anilines is 1. The van der Waals surface area contributed by atoms with Gasteiger partial charge in [0, 0.05) is 28.6 Å². The van der Waals surface area contributed by atoms with Crippen LogP contribution in [0.2, 0.25) is 0 Å². The number of hydrogen-bond donors (Lipinski definition) is 0. The van der Waals surface area contributed by atoms with E-state index in [1.165, 1.54) is 25.8 Å². The molecule has 4 heteroatoms. The van der Waals surface area contributed by atoms with Crippen molar-refractivity contribution in [2.45, 2.75) is 25.3 Å². The molecule has 0 spiro atoms. The molecule has 14 heavy (non-hydrogen) atoms. The van der Waals surface area contributed by atoms with Crippen LogP contribution in [0.3, 0.4) is 0 Å². The van der Waals surface area contributed by atoms with Crippen molar-refractivity contribution in [1.29, 1.82) is 0 Å². The van der Waals surface area contributed by atoms with E-state index in [1.807, 2.05) is 12.4 Å². The highest BCUT2D eigenvalue weighted by molar-refractivity contribution is 14.1. The van der Waals surface area contributed by atoms with Crippen LogP contribution in [-0.2, 0) is 0 Å². The zero-order chi connectivity index (χ0) is 9.54. The van der Waals surface area contributed by atoms with Gasteiger partial charge in [0.05, 0.1) is 0 Å². The lowest BCUT2D eigenvalue weighted by atomic mass is 10.1. The average Bonchev–Trinajstić information content (AvgIpc) is 2.80. The molecule has 2 bridgehead atoms. The minimum Gasteiger partial charge on any atom is -0.338 e. The second-order valence-electron chi connectivity index (χ2n) is 4.19. The quantitative estimate of drug-likeness (QED) is 0.744. The third-order valence-electron chi connectivity index (χ3n) is 3.27. The van der Waals surface area contributed by atoms with E-state index in [4.69, 9.17) is 0 Å². The minimum absolute atomic E-state index is 0.722. The minimum atomic E-state index is 0.722. The Labute approximate surface area is 97.1 Å². The van der Waals surface area contributed by atoms with Crippen molar-refractivity contribution in [3.8, 4) is 0 Å². The topological polar surface area (TPSA) is 29.0 Å². The van der Waals surface area contributed by atoms with Crippen molar-refractivity contribution in [2.75, 3.05) is 11.4 Å². The fraction of sp³-hybridized carbons (Fsp3) is 0.600. The van der Waals surface area contributed by atoms with E-state index in [1.54, 1.807) is 0 Å². The predicted molar refractivity (Wildman–Crippen MR) is 63.2 cm³/mol. The van der Waals surface area contributed by atoms with Gasteiger partial charge in [-0.25, -0.2) is 9.97 Å². The van der Waals surface area contributed by atoms with E-state index in [9.17, 15) is 0 Å². The van der Waals surface area contributed by atoms with E-state index in [0.29, 0.717) is 0 Å². The summed E-state index contributed by atoms with van der Waals surface area (Å²) in [5.74, 6) is 1.83. The second-order valence-corrected chi connectivity index (χ2v) is 5.43. The smallest absolute Gasteiger partial charge is 0.225 e. The number of fused-ring (bicyclic) bond motifs is 2. The van der Waals surface area contributed by atoms with Crippen LogP contribution >= 0.6 is 22.6 Å². The Hall–Kier alpha value is -0.390. The van der Waals surface area contributed by atoms with Crippen LogP contribution in [0, 0.1) is 9.49 Å². The average molecular weight is 301 g/mol. The van der Waals surface area contributed by atoms with Crippen molar-refractivity contribution in [3.63, 3.8) is 0 Å². The number of rotatable bonds is 1. The highest BCUT2D eigenvalue weighted by Gasteiger charge is 2.38. The van der Waals surface area contributed by atoms with E-state index in [2.05, 4.69) is 37.5 Å². The molecule has 1 aromatic heterocycles. The maximum Gasteiger partial charge on any atom is 0.225 e. The first-order chi connectivity index (χ1) is 6.83. The molecule has 2 aliphatic rings. The van der Waals surface area contributed by atoms with Crippen LogP contribution in [0.4, 0.5) is 5.95 Å². The maximum atomic E-state index is 4.39. The number of nitrogens with zero attached hydrogens (tertiary/aromatic N) is 3. The number of hydrogen-bond acceptors (Lipinski definition) is 3. The normalized spacial score (nSPS) is 29.9. The summed E-state index contributed by atoms with van der Waals surface area (Å²) in [4.78, 5) is 11.2. The highest BCUT2D eigenvalue weighted by Crippen LogP contribution is 2.38. The maximum absolute atomic E-state index is 4.39. The standard InChI is InChI=1S/C10H12IN3/c11-8-4-12-10(13-5-8)14-6-7-1-2-9(14)3-7/h4-5,7,9H,1-3,6H2. The Bertz CT molecular complexity index is 338. The molecule has 1 saturated heterocycles. The molecule has 0 N–H and O–H groups in total. The Morgan fingerprint density at radius 2 is 2.07 bits per heavy atom. The first kappa shape index (κ1) is 8.88. The van der Waals surface area contributed by atoms with Crippen molar-refractivity contribution in [2.24, 2.45) is 5.92 Å². The second kappa shape index (κ2) is 3.32. The van der Waals surface area contributed by atoms with Crippen LogP contribution in [-0.4, -0.2) is 22.6 Å². The summed E-state index contributed by atoms with van der Waals surface area (Å²) in [5.41, 5.74) is 0.